The van der Waals surface area contributed by atoms with Crippen molar-refractivity contribution in [1.82, 2.24) is 0 Å². The Morgan fingerprint density at radius 3 is 3.00 bits per heavy atom. The maximum absolute atomic E-state index is 10.5. The maximum atomic E-state index is 10.5. The normalized spacial score (nSPS) is 49.2. The molecule has 0 radical (unpaired) electrons. The Morgan fingerprint density at radius 1 is 1.69 bits per heavy atom. The van der Waals surface area contributed by atoms with Gasteiger partial charge < -0.3 is 14.6 Å². The van der Waals surface area contributed by atoms with E-state index in [4.69, 9.17) is 14.6 Å². The van der Waals surface area contributed by atoms with E-state index in [0.717, 1.165) is 0 Å². The lowest BCUT2D eigenvalue weighted by Gasteiger charge is -2.50. The summed E-state index contributed by atoms with van der Waals surface area (Å²) in [6, 6.07) is -0.371. The number of nitroso groups, excluding NO2 is 1. The Morgan fingerprint density at radius 2 is 2.46 bits per heavy atom. The molecule has 1 N–H and O–H groups in total. The monoisotopic (exact) mass is 187 g/mol. The lowest BCUT2D eigenvalue weighted by molar-refractivity contribution is -0.279. The third-order valence-corrected chi connectivity index (χ3v) is 2.82. The summed E-state index contributed by atoms with van der Waals surface area (Å²) in [6.07, 6.45) is 0.0884. The van der Waals surface area contributed by atoms with Gasteiger partial charge >= 0.3 is 0 Å². The van der Waals surface area contributed by atoms with Gasteiger partial charge in [-0.3, -0.25) is 0 Å². The molecule has 0 aromatic heterocycles. The van der Waals surface area contributed by atoms with Gasteiger partial charge in [0.05, 0.1) is 19.3 Å². The van der Waals surface area contributed by atoms with Gasteiger partial charge in [0.25, 0.3) is 0 Å². The second kappa shape index (κ2) is 3.01. The average molecular weight is 187 g/mol. The van der Waals surface area contributed by atoms with Gasteiger partial charge in [0, 0.05) is 6.42 Å². The molecule has 3 rings (SSSR count). The minimum Gasteiger partial charge on any atom is -0.393 e. The van der Waals surface area contributed by atoms with Crippen molar-refractivity contribution in [2.45, 2.75) is 37.2 Å². The molecule has 3 aliphatic heterocycles. The zero-order valence-corrected chi connectivity index (χ0v) is 7.47. The van der Waals surface area contributed by atoms with Crippen LogP contribution in [0.25, 0.3) is 0 Å². The molecule has 0 aromatic carbocycles. The number of hydrogen-bond donors (Lipinski definition) is 1. The van der Waals surface area contributed by atoms with Crippen molar-refractivity contribution in [3.63, 3.8) is 0 Å². The van der Waals surface area contributed by atoms with E-state index < -0.39 is 5.60 Å². The van der Waals surface area contributed by atoms with Crippen molar-refractivity contribution >= 4 is 0 Å². The molecule has 74 valence electrons. The Hall–Kier alpha value is -0.520. The summed E-state index contributed by atoms with van der Waals surface area (Å²) in [4.78, 5) is 10.5. The molecule has 5 heteroatoms. The SMILES string of the molecule is CC1OC2(CO)CO[C@@H]1[C@H](N=O)C2. The summed E-state index contributed by atoms with van der Waals surface area (Å²) in [5, 5.41) is 12.2. The summed E-state index contributed by atoms with van der Waals surface area (Å²) in [7, 11) is 0. The molecular formula is C8H13NO4. The second-order valence-electron chi connectivity index (χ2n) is 3.82. The largest absolute Gasteiger partial charge is 0.393 e. The lowest BCUT2D eigenvalue weighted by atomic mass is 9.85. The first kappa shape index (κ1) is 9.05. The van der Waals surface area contributed by atoms with Crippen molar-refractivity contribution in [1.29, 1.82) is 0 Å². The number of nitrogens with zero attached hydrogens (tertiary/aromatic N) is 1. The van der Waals surface area contributed by atoms with E-state index in [1.807, 2.05) is 6.92 Å². The van der Waals surface area contributed by atoms with E-state index in [2.05, 4.69) is 5.18 Å². The van der Waals surface area contributed by atoms with Crippen LogP contribution < -0.4 is 0 Å². The van der Waals surface area contributed by atoms with Crippen LogP contribution in [0.4, 0.5) is 0 Å². The van der Waals surface area contributed by atoms with E-state index in [1.54, 1.807) is 0 Å². The lowest BCUT2D eigenvalue weighted by Crippen LogP contribution is -2.63. The first-order chi connectivity index (χ1) is 6.21. The van der Waals surface area contributed by atoms with Crippen LogP contribution in [0, 0.1) is 4.91 Å². The van der Waals surface area contributed by atoms with Crippen LogP contribution in [0.5, 0.6) is 0 Å². The molecule has 13 heavy (non-hydrogen) atoms. The smallest absolute Gasteiger partial charge is 0.123 e. The van der Waals surface area contributed by atoms with E-state index in [9.17, 15) is 4.91 Å². The number of aliphatic hydroxyl groups is 1. The zero-order chi connectivity index (χ0) is 9.47. The summed E-state index contributed by atoms with van der Waals surface area (Å²) in [6.45, 7) is 2.09. The van der Waals surface area contributed by atoms with Crippen molar-refractivity contribution in [2.24, 2.45) is 5.18 Å². The quantitative estimate of drug-likeness (QED) is 0.621. The van der Waals surface area contributed by atoms with Crippen LogP contribution >= 0.6 is 0 Å². The highest BCUT2D eigenvalue weighted by molar-refractivity contribution is 5.01. The fraction of sp³-hybridized carbons (Fsp3) is 1.00. The molecular weight excluding hydrogens is 174 g/mol. The van der Waals surface area contributed by atoms with Gasteiger partial charge in [0.15, 0.2) is 0 Å². The van der Waals surface area contributed by atoms with E-state index in [0.29, 0.717) is 13.0 Å². The van der Waals surface area contributed by atoms with Crippen molar-refractivity contribution < 1.29 is 14.6 Å². The molecule has 0 aliphatic carbocycles. The molecule has 2 unspecified atom stereocenters. The molecule has 0 spiro atoms. The topological polar surface area (TPSA) is 68.1 Å². The van der Waals surface area contributed by atoms with Gasteiger partial charge in [-0.15, -0.1) is 0 Å². The van der Waals surface area contributed by atoms with E-state index >= 15 is 0 Å². The number of ether oxygens (including phenoxy) is 2. The molecule has 2 bridgehead atoms. The Balaban J connectivity index is 2.20. The fourth-order valence-electron chi connectivity index (χ4n) is 2.15. The number of fused-ring (bicyclic) bond motifs is 3. The van der Waals surface area contributed by atoms with Crippen LogP contribution in [0.3, 0.4) is 0 Å². The maximum Gasteiger partial charge on any atom is 0.123 e. The standard InChI is InChI=1S/C8H13NO4/c1-5-7-6(9-11)2-8(3-10,13-5)4-12-7/h5-7,10H,2-4H2,1H3/t5?,6-,7+,8?/m1/s1. The Bertz CT molecular complexity index is 222. The van der Waals surface area contributed by atoms with Gasteiger partial charge in [0.1, 0.15) is 17.7 Å². The van der Waals surface area contributed by atoms with Crippen LogP contribution in [0.2, 0.25) is 0 Å². The highest BCUT2D eigenvalue weighted by Gasteiger charge is 2.52. The average Bonchev–Trinajstić information content (AvgIpc) is 2.18. The van der Waals surface area contributed by atoms with Crippen molar-refractivity contribution in [2.75, 3.05) is 13.2 Å². The molecule has 3 aliphatic rings. The van der Waals surface area contributed by atoms with Gasteiger partial charge in [0.2, 0.25) is 0 Å². The molecule has 3 fully saturated rings. The highest BCUT2D eigenvalue weighted by atomic mass is 16.6. The van der Waals surface area contributed by atoms with Crippen LogP contribution in [0.1, 0.15) is 13.3 Å². The summed E-state index contributed by atoms with van der Waals surface area (Å²) >= 11 is 0. The summed E-state index contributed by atoms with van der Waals surface area (Å²) in [5.74, 6) is 0. The summed E-state index contributed by atoms with van der Waals surface area (Å²) < 4.78 is 11.0. The van der Waals surface area contributed by atoms with E-state index in [-0.39, 0.29) is 24.9 Å². The first-order valence-electron chi connectivity index (χ1n) is 4.43. The van der Waals surface area contributed by atoms with Crippen molar-refractivity contribution in [3.05, 3.63) is 4.91 Å². The van der Waals surface area contributed by atoms with Crippen LogP contribution in [-0.2, 0) is 9.47 Å². The fourth-order valence-corrected chi connectivity index (χ4v) is 2.15. The predicted molar refractivity (Wildman–Crippen MR) is 44.3 cm³/mol. The Labute approximate surface area is 76.0 Å². The molecule has 0 saturated carbocycles. The third-order valence-electron chi connectivity index (χ3n) is 2.82. The number of rotatable bonds is 2. The second-order valence-corrected chi connectivity index (χ2v) is 3.82. The van der Waals surface area contributed by atoms with Gasteiger partial charge in [-0.2, -0.15) is 4.91 Å². The number of aliphatic hydroxyl groups excluding tert-OH is 1. The minimum absolute atomic E-state index is 0.115. The molecule has 4 atom stereocenters. The van der Waals surface area contributed by atoms with Crippen LogP contribution in [0.15, 0.2) is 5.18 Å². The van der Waals surface area contributed by atoms with E-state index in [1.165, 1.54) is 0 Å². The zero-order valence-electron chi connectivity index (χ0n) is 7.47. The van der Waals surface area contributed by atoms with Crippen LogP contribution in [-0.4, -0.2) is 42.2 Å². The van der Waals surface area contributed by atoms with Gasteiger partial charge in [-0.25, -0.2) is 0 Å². The Kier molecular flexibility index (Phi) is 2.09. The molecule has 3 heterocycles. The molecule has 5 nitrogen and oxygen atoms in total. The molecule has 0 aromatic rings. The summed E-state index contributed by atoms with van der Waals surface area (Å²) in [5.41, 5.74) is -0.688. The van der Waals surface area contributed by atoms with Crippen molar-refractivity contribution in [3.8, 4) is 0 Å². The van der Waals surface area contributed by atoms with Gasteiger partial charge in [-0.1, -0.05) is 5.18 Å². The molecule has 3 saturated heterocycles. The molecule has 0 amide bonds. The first-order valence-corrected chi connectivity index (χ1v) is 4.43. The predicted octanol–water partition coefficient (Wildman–Crippen LogP) is 0.0601. The highest BCUT2D eigenvalue weighted by Crippen LogP contribution is 2.37. The number of hydrogen-bond acceptors (Lipinski definition) is 5. The third kappa shape index (κ3) is 1.27. The minimum atomic E-state index is -0.688. The van der Waals surface area contributed by atoms with Gasteiger partial charge in [-0.05, 0) is 6.92 Å².